The normalized spacial score (nSPS) is 11.7. The highest BCUT2D eigenvalue weighted by atomic mass is 32.2. The average Bonchev–Trinajstić information content (AvgIpc) is 4.15. The Labute approximate surface area is 432 Å². The molecule has 0 aliphatic rings. The summed E-state index contributed by atoms with van der Waals surface area (Å²) in [6.45, 7) is 6.46. The van der Waals surface area contributed by atoms with Crippen molar-refractivity contribution in [2.24, 2.45) is 0 Å². The van der Waals surface area contributed by atoms with E-state index < -0.39 is 144 Å². The van der Waals surface area contributed by atoms with E-state index in [9.17, 15) is 52.7 Å². The summed E-state index contributed by atoms with van der Waals surface area (Å²) < 4.78 is 295. The van der Waals surface area contributed by atoms with Crippen LogP contribution in [0.15, 0.2) is 111 Å². The van der Waals surface area contributed by atoms with E-state index in [4.69, 9.17) is 0 Å². The van der Waals surface area contributed by atoms with Gasteiger partial charge in [-0.2, -0.15) is 0 Å². The van der Waals surface area contributed by atoms with Crippen LogP contribution in [0.1, 0.15) is 16.0 Å². The Hall–Kier alpha value is -7.05. The van der Waals surface area contributed by atoms with Crippen LogP contribution in [0.3, 0.4) is 0 Å². The topological polar surface area (TPSA) is 0 Å². The van der Waals surface area contributed by atoms with Gasteiger partial charge >= 0.3 is 0 Å². The Balaban J connectivity index is 0.000000215. The zero-order valence-electron chi connectivity index (χ0n) is 38.6. The van der Waals surface area contributed by atoms with Crippen molar-refractivity contribution in [3.8, 4) is 20.9 Å². The highest BCUT2D eigenvalue weighted by Gasteiger charge is 2.52. The van der Waals surface area contributed by atoms with Crippen molar-refractivity contribution in [3.63, 3.8) is 0 Å². The smallest absolute Gasteiger partial charge is 0.207 e. The van der Waals surface area contributed by atoms with E-state index >= 15 is 35.1 Å². The van der Waals surface area contributed by atoms with Crippen molar-refractivity contribution in [3.05, 3.63) is 229 Å². The lowest BCUT2D eigenvalue weighted by atomic mass is 9.12. The maximum Gasteiger partial charge on any atom is 0.220 e. The number of hydrogen-bond donors (Lipinski definition) is 0. The summed E-state index contributed by atoms with van der Waals surface area (Å²) in [6.07, 6.45) is -7.22. The number of thiophene rings is 2. The van der Waals surface area contributed by atoms with Crippen molar-refractivity contribution >= 4 is 61.6 Å². The lowest BCUT2D eigenvalue weighted by molar-refractivity contribution is 0.378. The first-order valence-electron chi connectivity index (χ1n) is 21.6. The fourth-order valence-corrected chi connectivity index (χ4v) is 13.1. The van der Waals surface area contributed by atoms with Gasteiger partial charge in [0.2, 0.25) is 4.21 Å². The Morgan fingerprint density at radius 2 is 0.519 bits per heavy atom. The molecule has 0 N–H and O–H groups in total. The first-order chi connectivity index (χ1) is 36.3. The highest BCUT2D eigenvalue weighted by molar-refractivity contribution is 7.99. The summed E-state index contributed by atoms with van der Waals surface area (Å²) in [5.74, 6) is -71.4. The molecule has 0 saturated heterocycles. The molecule has 7 aromatic carbocycles. The van der Waals surface area contributed by atoms with Crippen molar-refractivity contribution in [2.45, 2.75) is 34.8 Å². The zero-order valence-corrected chi connectivity index (χ0v) is 41.0. The molecule has 0 atom stereocenters. The van der Waals surface area contributed by atoms with Gasteiger partial charge in [0.25, 0.3) is 0 Å². The van der Waals surface area contributed by atoms with Gasteiger partial charge in [0.1, 0.15) is 63.6 Å². The van der Waals surface area contributed by atoms with Crippen molar-refractivity contribution in [2.75, 3.05) is 0 Å². The van der Waals surface area contributed by atoms with Crippen LogP contribution in [0, 0.1) is 137 Å². The molecule has 0 amide bonds. The molecule has 0 aliphatic carbocycles. The number of aryl methyl sites for hydroxylation is 3. The summed E-state index contributed by atoms with van der Waals surface area (Å²) in [7, 11) is -0.0953. The molecule has 24 heteroatoms. The van der Waals surface area contributed by atoms with Gasteiger partial charge in [-0.25, -0.2) is 87.8 Å². The van der Waals surface area contributed by atoms with E-state index in [1.54, 1.807) is 0 Å². The minimum atomic E-state index is -7.22. The van der Waals surface area contributed by atoms with Crippen LogP contribution in [0.4, 0.5) is 87.8 Å². The maximum atomic E-state index is 15.4. The molecule has 9 aromatic rings. The minimum Gasteiger partial charge on any atom is -0.207 e. The number of hydrogen-bond acceptors (Lipinski definition) is 2. The van der Waals surface area contributed by atoms with E-state index in [1.807, 2.05) is 22.7 Å². The minimum absolute atomic E-state index is 0.0953. The van der Waals surface area contributed by atoms with Gasteiger partial charge in [0.05, 0.1) is 0 Å². The zero-order chi connectivity index (χ0) is 56.4. The third-order valence-corrected chi connectivity index (χ3v) is 17.0. The SMILES string of the molecule is Cc1ccc([S+](c2ccc(C)cc2)c2ccc(-c3ccc(-c4ccc(C)s4)cc3)s2)cc1.Fc1c(F)c(F)c([B-](c2c(F)c(F)c(F)c(F)c2F)(c2c(F)c(F)c(F)c(F)c2F)c2c(F)c(F)c(F)c(F)c2F)c(F)c1F. The molecule has 2 heterocycles. The maximum absolute atomic E-state index is 15.4. The summed E-state index contributed by atoms with van der Waals surface area (Å²) in [5.41, 5.74) is -9.15. The monoisotopic (exact) mass is 1150 g/mol. The van der Waals surface area contributed by atoms with Crippen LogP contribution in [-0.2, 0) is 10.9 Å². The molecule has 2 aromatic heterocycles. The quantitative estimate of drug-likeness (QED) is 0.0444. The molecule has 9 rings (SSSR count). The summed E-state index contributed by atoms with van der Waals surface area (Å²) in [5, 5.41) is 0. The van der Waals surface area contributed by atoms with Gasteiger partial charge < -0.3 is 0 Å². The van der Waals surface area contributed by atoms with Crippen molar-refractivity contribution in [1.29, 1.82) is 0 Å². The van der Waals surface area contributed by atoms with E-state index in [0.717, 1.165) is 0 Å². The molecule has 0 saturated carbocycles. The van der Waals surface area contributed by atoms with Gasteiger partial charge in [-0.05, 0) is 74.4 Å². The molecule has 0 fully saturated rings. The molecule has 0 radical (unpaired) electrons. The summed E-state index contributed by atoms with van der Waals surface area (Å²) in [6, 6.07) is 36.1. The highest BCUT2D eigenvalue weighted by Crippen LogP contribution is 2.40. The molecule has 0 aliphatic heterocycles. The predicted molar refractivity (Wildman–Crippen MR) is 252 cm³/mol. The van der Waals surface area contributed by atoms with Gasteiger partial charge in [-0.1, -0.05) is 71.0 Å². The molecular formula is C53H25BF20S3. The predicted octanol–water partition coefficient (Wildman–Crippen LogP) is 15.0. The van der Waals surface area contributed by atoms with Gasteiger partial charge in [0.15, 0.2) is 79.6 Å². The number of rotatable bonds is 9. The van der Waals surface area contributed by atoms with E-state index in [-0.39, 0.29) is 10.9 Å². The molecule has 77 heavy (non-hydrogen) atoms. The third kappa shape index (κ3) is 9.44. The molecule has 0 bridgehead atoms. The first kappa shape index (κ1) is 56.2. The average molecular weight is 1150 g/mol. The van der Waals surface area contributed by atoms with E-state index in [1.165, 1.54) is 50.9 Å². The molecule has 0 spiro atoms. The Morgan fingerprint density at radius 1 is 0.273 bits per heavy atom. The second kappa shape index (κ2) is 21.4. The Kier molecular flexibility index (Phi) is 15.6. The van der Waals surface area contributed by atoms with Gasteiger partial charge in [-0.3, -0.25) is 0 Å². The van der Waals surface area contributed by atoms with Crippen LogP contribution in [-0.4, -0.2) is 6.15 Å². The number of halogens is 20. The summed E-state index contributed by atoms with van der Waals surface area (Å²) in [4.78, 5) is 6.76. The molecule has 398 valence electrons. The fraction of sp³-hybridized carbons (Fsp3) is 0.0566. The van der Waals surface area contributed by atoms with Crippen LogP contribution in [0.2, 0.25) is 0 Å². The van der Waals surface area contributed by atoms with E-state index in [2.05, 4.69) is 118 Å². The van der Waals surface area contributed by atoms with E-state index in [0.29, 0.717) is 0 Å². The third-order valence-electron chi connectivity index (χ3n) is 12.2. The lowest BCUT2D eigenvalue weighted by Crippen LogP contribution is -2.81. The van der Waals surface area contributed by atoms with Crippen LogP contribution in [0.25, 0.3) is 20.9 Å². The lowest BCUT2D eigenvalue weighted by Gasteiger charge is -2.44. The fourth-order valence-electron chi connectivity index (χ4n) is 8.56. The van der Waals surface area contributed by atoms with Crippen molar-refractivity contribution in [1.82, 2.24) is 0 Å². The standard InChI is InChI=1S/C29H25S3.C24BF20/c1-20-4-13-25(14-5-20)32(26-15-6-21(2)7-16-26)29-19-18-28(31-29)24-11-9-23(10-12-24)27-17-8-22(3)30-27;26-5-1(6(27)14(35)21(42)13(5)34)25(2-7(28)15(36)22(43)16(37)8(2)29,3-9(30)17(38)23(44)18(39)10(3)31)4-11(32)19(40)24(45)20(41)12(4)33/h4-19H,1-3H3;/q+1;-1. The summed E-state index contributed by atoms with van der Waals surface area (Å²) >= 11 is 3.76. The van der Waals surface area contributed by atoms with Gasteiger partial charge in [-0.15, -0.1) is 33.2 Å². The largest absolute Gasteiger partial charge is 0.220 e. The molecule has 0 nitrogen and oxygen atoms in total. The molecular weight excluding hydrogens is 1120 g/mol. The van der Waals surface area contributed by atoms with Gasteiger partial charge in [0, 0.05) is 20.7 Å². The second-order valence-corrected chi connectivity index (χ2v) is 21.5. The number of benzene rings is 7. The Bertz CT molecular complexity index is 3350. The van der Waals surface area contributed by atoms with Crippen LogP contribution < -0.4 is 21.9 Å². The van der Waals surface area contributed by atoms with Crippen LogP contribution in [0.5, 0.6) is 0 Å². The Morgan fingerprint density at radius 3 is 0.779 bits per heavy atom. The second-order valence-electron chi connectivity index (χ2n) is 16.8. The first-order valence-corrected chi connectivity index (χ1v) is 24.5. The van der Waals surface area contributed by atoms with Crippen molar-refractivity contribution < 1.29 is 87.8 Å². The molecule has 0 unspecified atom stereocenters. The van der Waals surface area contributed by atoms with Crippen LogP contribution >= 0.6 is 22.7 Å².